The van der Waals surface area contributed by atoms with Gasteiger partial charge in [-0.05, 0) is 34.5 Å². The molecular weight excluding hydrogens is 190 g/mol. The van der Waals surface area contributed by atoms with Crippen molar-refractivity contribution in [3.05, 3.63) is 34.9 Å². The van der Waals surface area contributed by atoms with Gasteiger partial charge in [-0.1, -0.05) is 13.0 Å². The molecule has 53 valence electrons. The maximum absolute atomic E-state index is 4.22. The first kappa shape index (κ1) is 7.73. The first-order valence-corrected chi connectivity index (χ1v) is 4.08. The van der Waals surface area contributed by atoms with Crippen LogP contribution in [0.5, 0.6) is 0 Å². The van der Waals surface area contributed by atoms with E-state index >= 15 is 0 Å². The predicted molar refractivity (Wildman–Crippen MR) is 45.6 cm³/mol. The van der Waals surface area contributed by atoms with E-state index in [1.54, 1.807) is 0 Å². The Morgan fingerprint density at radius 2 is 2.40 bits per heavy atom. The van der Waals surface area contributed by atoms with Crippen molar-refractivity contribution in [1.82, 2.24) is 4.98 Å². The monoisotopic (exact) mass is 198 g/mol. The van der Waals surface area contributed by atoms with Gasteiger partial charge in [0.15, 0.2) is 0 Å². The Bertz CT molecular complexity index is 210. The van der Waals surface area contributed by atoms with Gasteiger partial charge in [-0.2, -0.15) is 0 Å². The lowest BCUT2D eigenvalue weighted by molar-refractivity contribution is 1.06. The summed E-state index contributed by atoms with van der Waals surface area (Å²) >= 11 is 3.30. The third-order valence-electron chi connectivity index (χ3n) is 1.15. The second kappa shape index (κ2) is 3.71. The van der Waals surface area contributed by atoms with Gasteiger partial charge in [-0.15, -0.1) is 0 Å². The molecule has 0 bridgehead atoms. The Morgan fingerprint density at radius 3 is 3.00 bits per heavy atom. The zero-order valence-corrected chi connectivity index (χ0v) is 7.43. The third-order valence-corrected chi connectivity index (χ3v) is 1.59. The smallest absolute Gasteiger partial charge is 0.106 e. The zero-order valence-electron chi connectivity index (χ0n) is 5.84. The lowest BCUT2D eigenvalue weighted by atomic mass is 10.2. The Kier molecular flexibility index (Phi) is 2.87. The molecule has 1 rings (SSSR count). The molecule has 0 N–H and O–H groups in total. The van der Waals surface area contributed by atoms with Crippen LogP contribution in [0.1, 0.15) is 19.0 Å². The molecule has 0 amide bonds. The summed E-state index contributed by atoms with van der Waals surface area (Å²) in [6, 6.07) is 5.90. The molecule has 0 saturated carbocycles. The maximum atomic E-state index is 4.22. The fourth-order valence-corrected chi connectivity index (χ4v) is 1.10. The summed E-state index contributed by atoms with van der Waals surface area (Å²) in [6.07, 6.45) is 3.12. The molecule has 0 aliphatic heterocycles. The number of hydrogen-bond donors (Lipinski definition) is 0. The van der Waals surface area contributed by atoms with Gasteiger partial charge in [0.2, 0.25) is 0 Å². The van der Waals surface area contributed by atoms with Crippen LogP contribution >= 0.6 is 15.9 Å². The maximum Gasteiger partial charge on any atom is 0.106 e. The first-order chi connectivity index (χ1) is 4.83. The number of pyridine rings is 1. The van der Waals surface area contributed by atoms with Gasteiger partial charge in [0, 0.05) is 12.1 Å². The first-order valence-electron chi connectivity index (χ1n) is 3.28. The van der Waals surface area contributed by atoms with Gasteiger partial charge in [-0.3, -0.25) is 0 Å². The van der Waals surface area contributed by atoms with E-state index in [-0.39, 0.29) is 0 Å². The van der Waals surface area contributed by atoms with Gasteiger partial charge in [0.1, 0.15) is 4.60 Å². The van der Waals surface area contributed by atoms with Gasteiger partial charge in [0.25, 0.3) is 0 Å². The van der Waals surface area contributed by atoms with Crippen molar-refractivity contribution in [2.75, 3.05) is 0 Å². The molecule has 2 heteroatoms. The van der Waals surface area contributed by atoms with Crippen molar-refractivity contribution in [1.29, 1.82) is 0 Å². The quantitative estimate of drug-likeness (QED) is 0.667. The number of nitrogens with zero attached hydrogens (tertiary/aromatic N) is 1. The highest BCUT2D eigenvalue weighted by molar-refractivity contribution is 9.10. The molecule has 0 saturated heterocycles. The molecule has 0 aliphatic carbocycles. The highest BCUT2D eigenvalue weighted by Gasteiger charge is 1.92. The van der Waals surface area contributed by atoms with E-state index in [0.717, 1.165) is 16.7 Å². The molecule has 1 heterocycles. The highest BCUT2D eigenvalue weighted by Crippen LogP contribution is 2.08. The molecule has 0 fully saturated rings. The molecule has 1 nitrogen and oxygen atoms in total. The lowest BCUT2D eigenvalue weighted by Crippen LogP contribution is -1.84. The lowest BCUT2D eigenvalue weighted by Gasteiger charge is -1.95. The van der Waals surface area contributed by atoms with E-state index < -0.39 is 0 Å². The van der Waals surface area contributed by atoms with Crippen molar-refractivity contribution in [2.24, 2.45) is 0 Å². The van der Waals surface area contributed by atoms with Gasteiger partial charge in [-0.25, -0.2) is 4.98 Å². The van der Waals surface area contributed by atoms with Crippen LogP contribution in [0.4, 0.5) is 0 Å². The largest absolute Gasteiger partial charge is 0.246 e. The van der Waals surface area contributed by atoms with Crippen LogP contribution in [-0.2, 0) is 0 Å². The van der Waals surface area contributed by atoms with Gasteiger partial charge < -0.3 is 0 Å². The standard InChI is InChI=1S/C8H9BrN/c1-2-4-7-5-3-6-8(9)10-7/h3-6H,2H2,1H3. The van der Waals surface area contributed by atoms with E-state index in [1.165, 1.54) is 0 Å². The average molecular weight is 199 g/mol. The van der Waals surface area contributed by atoms with E-state index in [4.69, 9.17) is 0 Å². The van der Waals surface area contributed by atoms with Crippen molar-refractivity contribution < 1.29 is 0 Å². The summed E-state index contributed by atoms with van der Waals surface area (Å²) in [4.78, 5) is 4.22. The normalized spacial score (nSPS) is 9.80. The zero-order chi connectivity index (χ0) is 7.40. The van der Waals surface area contributed by atoms with Gasteiger partial charge >= 0.3 is 0 Å². The summed E-state index contributed by atoms with van der Waals surface area (Å²) in [7, 11) is 0. The van der Waals surface area contributed by atoms with Crippen molar-refractivity contribution in [2.45, 2.75) is 13.3 Å². The SMILES string of the molecule is CC[CH]c1cccc(Br)n1. The molecule has 0 atom stereocenters. The van der Waals surface area contributed by atoms with Crippen LogP contribution in [-0.4, -0.2) is 4.98 Å². The summed E-state index contributed by atoms with van der Waals surface area (Å²) < 4.78 is 0.898. The minimum Gasteiger partial charge on any atom is -0.246 e. The van der Waals surface area contributed by atoms with E-state index in [2.05, 4.69) is 34.3 Å². The van der Waals surface area contributed by atoms with E-state index in [9.17, 15) is 0 Å². The van der Waals surface area contributed by atoms with Crippen LogP contribution in [0.3, 0.4) is 0 Å². The molecule has 0 unspecified atom stereocenters. The van der Waals surface area contributed by atoms with E-state index in [1.807, 2.05) is 18.2 Å². The Hall–Kier alpha value is -0.370. The Morgan fingerprint density at radius 1 is 1.60 bits per heavy atom. The molecule has 0 spiro atoms. The summed E-state index contributed by atoms with van der Waals surface area (Å²) in [5.41, 5.74) is 1.04. The van der Waals surface area contributed by atoms with Crippen molar-refractivity contribution in [3.63, 3.8) is 0 Å². The van der Waals surface area contributed by atoms with Crippen LogP contribution in [0, 0.1) is 6.42 Å². The summed E-state index contributed by atoms with van der Waals surface area (Å²) in [6.45, 7) is 2.10. The average Bonchev–Trinajstić information content (AvgIpc) is 1.88. The molecule has 10 heavy (non-hydrogen) atoms. The number of aromatic nitrogens is 1. The third kappa shape index (κ3) is 2.10. The fourth-order valence-electron chi connectivity index (χ4n) is 0.747. The van der Waals surface area contributed by atoms with Crippen LogP contribution in [0.25, 0.3) is 0 Å². The minimum atomic E-state index is 0.898. The van der Waals surface area contributed by atoms with E-state index in [0.29, 0.717) is 0 Å². The Labute approximate surface area is 69.6 Å². The van der Waals surface area contributed by atoms with Crippen LogP contribution in [0.15, 0.2) is 22.8 Å². The van der Waals surface area contributed by atoms with Gasteiger partial charge in [0.05, 0.1) is 0 Å². The second-order valence-electron chi connectivity index (χ2n) is 2.00. The number of rotatable bonds is 2. The molecular formula is C8H9BrN. The summed E-state index contributed by atoms with van der Waals surface area (Å²) in [5.74, 6) is 0. The molecule has 0 aliphatic rings. The van der Waals surface area contributed by atoms with Crippen LogP contribution in [0.2, 0.25) is 0 Å². The Balaban J connectivity index is 2.75. The molecule has 0 aromatic carbocycles. The fraction of sp³-hybridized carbons (Fsp3) is 0.250. The summed E-state index contributed by atoms with van der Waals surface area (Å²) in [5, 5.41) is 0. The van der Waals surface area contributed by atoms with Crippen LogP contribution < -0.4 is 0 Å². The molecule has 1 aromatic heterocycles. The topological polar surface area (TPSA) is 12.9 Å². The number of hydrogen-bond acceptors (Lipinski definition) is 1. The molecule has 1 aromatic rings. The minimum absolute atomic E-state index is 0.898. The predicted octanol–water partition coefficient (Wildman–Crippen LogP) is 2.81. The van der Waals surface area contributed by atoms with Crippen molar-refractivity contribution >= 4 is 15.9 Å². The highest BCUT2D eigenvalue weighted by atomic mass is 79.9. The number of halogens is 1. The molecule has 1 radical (unpaired) electrons. The van der Waals surface area contributed by atoms with Crippen molar-refractivity contribution in [3.8, 4) is 0 Å². The second-order valence-corrected chi connectivity index (χ2v) is 2.81.